The van der Waals surface area contributed by atoms with Crippen molar-refractivity contribution in [2.75, 3.05) is 0 Å². The first-order chi connectivity index (χ1) is 11.3. The van der Waals surface area contributed by atoms with Crippen LogP contribution in [-0.4, -0.2) is 22.8 Å². The minimum absolute atomic E-state index is 0.181. The van der Waals surface area contributed by atoms with Crippen molar-refractivity contribution < 1.29 is 0 Å². The van der Waals surface area contributed by atoms with E-state index in [1.54, 1.807) is 0 Å². The fourth-order valence-electron chi connectivity index (χ4n) is 8.99. The van der Waals surface area contributed by atoms with E-state index in [9.17, 15) is 0 Å². The van der Waals surface area contributed by atoms with E-state index in [2.05, 4.69) is 24.3 Å². The summed E-state index contributed by atoms with van der Waals surface area (Å²) in [6.07, 6.45) is 12.2. The van der Waals surface area contributed by atoms with Crippen LogP contribution in [-0.2, 0) is 0 Å². The lowest BCUT2D eigenvalue weighted by Crippen LogP contribution is -2.38. The molecule has 12 unspecified atom stereocenters. The van der Waals surface area contributed by atoms with Crippen LogP contribution in [0.5, 0.6) is 0 Å². The molecule has 0 amide bonds. The van der Waals surface area contributed by atoms with Crippen LogP contribution >= 0.6 is 23.2 Å². The van der Waals surface area contributed by atoms with Gasteiger partial charge in [0.25, 0.3) is 0 Å². The first-order valence-corrected chi connectivity index (χ1v) is 10.1. The molecule has 0 aromatic rings. The van der Waals surface area contributed by atoms with Gasteiger partial charge in [0, 0.05) is 0 Å². The first kappa shape index (κ1) is 12.9. The molecule has 0 aromatic carbocycles. The highest BCUT2D eigenvalue weighted by Crippen LogP contribution is 2.83. The number of azo groups is 1. The number of fused-ring (bicyclic) bond motifs is 4. The Bertz CT molecular complexity index is 641. The van der Waals surface area contributed by atoms with E-state index in [4.69, 9.17) is 33.4 Å². The van der Waals surface area contributed by atoms with Crippen LogP contribution in [0.25, 0.3) is 0 Å². The number of nitrogens with zero attached hydrogens (tertiary/aromatic N) is 2. The molecule has 1 heterocycles. The summed E-state index contributed by atoms with van der Waals surface area (Å²) in [5.74, 6) is 5.30. The topological polar surface area (TPSA) is 24.7 Å². The third kappa shape index (κ3) is 1.07. The fourth-order valence-corrected chi connectivity index (χ4v) is 10.2. The van der Waals surface area contributed by atoms with Gasteiger partial charge in [-0.3, -0.25) is 0 Å². The summed E-state index contributed by atoms with van der Waals surface area (Å²) < 4.78 is 0. The lowest BCUT2D eigenvalue weighted by atomic mass is 9.65. The van der Waals surface area contributed by atoms with Gasteiger partial charge in [-0.25, -0.2) is 0 Å². The van der Waals surface area contributed by atoms with Crippen molar-refractivity contribution >= 4 is 23.2 Å². The molecule has 7 bridgehead atoms. The molecule has 0 radical (unpaired) electrons. The van der Waals surface area contributed by atoms with Crippen LogP contribution in [0.2, 0.25) is 0 Å². The highest BCUT2D eigenvalue weighted by atomic mass is 35.5. The molecule has 4 heteroatoms. The molecule has 0 aromatic heterocycles. The van der Waals surface area contributed by atoms with Crippen LogP contribution in [0.3, 0.4) is 0 Å². The van der Waals surface area contributed by atoms with Gasteiger partial charge in [0.2, 0.25) is 0 Å². The summed E-state index contributed by atoms with van der Waals surface area (Å²) >= 11 is 14.1. The van der Waals surface area contributed by atoms with Crippen molar-refractivity contribution in [3.05, 3.63) is 24.3 Å². The smallest absolute Gasteiger partial charge is 0.0914 e. The molecule has 12 atom stereocenters. The molecule has 6 aliphatic carbocycles. The van der Waals surface area contributed by atoms with Crippen LogP contribution < -0.4 is 0 Å². The standard InChI is InChI=1S/C19H20Cl2N2/c20-15-11-7-3-1-5-9(7)13-17(15)22-23-18-14-10-6-2-4-8(10)12(16(18)21)19(11,13)14/h1-2,5-18H,3-4H2. The Balaban J connectivity index is 1.54. The van der Waals surface area contributed by atoms with Crippen molar-refractivity contribution in [1.29, 1.82) is 0 Å². The molecule has 120 valence electrons. The molecule has 0 N–H and O–H groups in total. The third-order valence-corrected chi connectivity index (χ3v) is 10.1. The summed E-state index contributed by atoms with van der Waals surface area (Å²) in [6.45, 7) is 0. The Morgan fingerprint density at radius 3 is 1.70 bits per heavy atom. The van der Waals surface area contributed by atoms with Gasteiger partial charge in [0.1, 0.15) is 0 Å². The summed E-state index contributed by atoms with van der Waals surface area (Å²) in [7, 11) is 0. The maximum Gasteiger partial charge on any atom is 0.0914 e. The summed E-state index contributed by atoms with van der Waals surface area (Å²) in [4.78, 5) is 0. The van der Waals surface area contributed by atoms with Crippen molar-refractivity contribution in [2.45, 2.75) is 35.7 Å². The van der Waals surface area contributed by atoms with Gasteiger partial charge in [-0.15, -0.1) is 23.2 Å². The zero-order valence-corrected chi connectivity index (χ0v) is 14.3. The molecule has 2 nitrogen and oxygen atoms in total. The van der Waals surface area contributed by atoms with Gasteiger partial charge in [0.15, 0.2) is 0 Å². The van der Waals surface area contributed by atoms with Crippen molar-refractivity contribution in [3.8, 4) is 0 Å². The van der Waals surface area contributed by atoms with E-state index in [0.29, 0.717) is 40.9 Å². The lowest BCUT2D eigenvalue weighted by Gasteiger charge is -2.38. The van der Waals surface area contributed by atoms with E-state index in [1.807, 2.05) is 0 Å². The molecule has 23 heavy (non-hydrogen) atoms. The molecule has 4 saturated carbocycles. The zero-order chi connectivity index (χ0) is 15.1. The Morgan fingerprint density at radius 2 is 1.22 bits per heavy atom. The average Bonchev–Trinajstić information content (AvgIpc) is 3.27. The van der Waals surface area contributed by atoms with E-state index in [0.717, 1.165) is 11.8 Å². The van der Waals surface area contributed by atoms with E-state index in [-0.39, 0.29) is 22.8 Å². The predicted molar refractivity (Wildman–Crippen MR) is 89.6 cm³/mol. The van der Waals surface area contributed by atoms with Gasteiger partial charge in [-0.05, 0) is 65.6 Å². The SMILES string of the molecule is ClC1C2N=NC3C(Cl)C4C5CC=CC5C3C43C1C1CC=CC1C23. The minimum Gasteiger partial charge on any atom is -0.189 e. The van der Waals surface area contributed by atoms with Crippen LogP contribution in [0.1, 0.15) is 12.8 Å². The largest absolute Gasteiger partial charge is 0.189 e. The van der Waals surface area contributed by atoms with E-state index < -0.39 is 0 Å². The van der Waals surface area contributed by atoms with Crippen molar-refractivity contribution in [2.24, 2.45) is 63.0 Å². The Hall–Kier alpha value is -0.340. The van der Waals surface area contributed by atoms with Crippen LogP contribution in [0.4, 0.5) is 0 Å². The number of halogens is 2. The molecular weight excluding hydrogens is 327 g/mol. The van der Waals surface area contributed by atoms with Crippen LogP contribution in [0.15, 0.2) is 34.5 Å². The molecule has 7 aliphatic rings. The van der Waals surface area contributed by atoms with Gasteiger partial charge in [-0.2, -0.15) is 10.2 Å². The predicted octanol–water partition coefficient (Wildman–Crippen LogP) is 4.29. The Labute approximate surface area is 146 Å². The quantitative estimate of drug-likeness (QED) is 0.461. The summed E-state index contributed by atoms with van der Waals surface area (Å²) in [6, 6.07) is 0.486. The van der Waals surface area contributed by atoms with Gasteiger partial charge >= 0.3 is 0 Å². The lowest BCUT2D eigenvalue weighted by molar-refractivity contribution is 0.0899. The Morgan fingerprint density at radius 1 is 0.739 bits per heavy atom. The molecule has 7 rings (SSSR count). The second-order valence-corrected chi connectivity index (χ2v) is 10.0. The fraction of sp³-hybridized carbons (Fsp3) is 0.789. The summed E-state index contributed by atoms with van der Waals surface area (Å²) in [5, 5.41) is 10.0. The normalized spacial score (nSPS) is 71.2. The number of hydrogen-bond donors (Lipinski definition) is 0. The molecular formula is C19H20Cl2N2. The number of rotatable bonds is 0. The highest BCUT2D eigenvalue weighted by molar-refractivity contribution is 6.23. The second-order valence-electron chi connectivity index (χ2n) is 9.01. The first-order valence-electron chi connectivity index (χ1n) is 9.27. The van der Waals surface area contributed by atoms with Gasteiger partial charge in [0.05, 0.1) is 22.8 Å². The maximum absolute atomic E-state index is 7.06. The molecule has 1 spiro atoms. The monoisotopic (exact) mass is 346 g/mol. The van der Waals surface area contributed by atoms with Crippen molar-refractivity contribution in [3.63, 3.8) is 0 Å². The average molecular weight is 347 g/mol. The van der Waals surface area contributed by atoms with Crippen LogP contribution in [0, 0.1) is 52.8 Å². The van der Waals surface area contributed by atoms with Gasteiger partial charge < -0.3 is 0 Å². The van der Waals surface area contributed by atoms with Gasteiger partial charge in [-0.1, -0.05) is 24.3 Å². The summed E-state index contributed by atoms with van der Waals surface area (Å²) in [5.41, 5.74) is 0.331. The highest BCUT2D eigenvalue weighted by Gasteiger charge is 2.84. The number of hydrogen-bond acceptors (Lipinski definition) is 2. The third-order valence-electron chi connectivity index (χ3n) is 8.99. The Kier molecular flexibility index (Phi) is 2.11. The second kappa shape index (κ2) is 3.75. The number of allylic oxidation sites excluding steroid dienone is 4. The molecule has 1 aliphatic heterocycles. The zero-order valence-electron chi connectivity index (χ0n) is 12.8. The molecule has 0 saturated heterocycles. The molecule has 4 fully saturated rings. The minimum atomic E-state index is 0.181. The maximum atomic E-state index is 7.06. The number of alkyl halides is 2. The van der Waals surface area contributed by atoms with E-state index in [1.165, 1.54) is 12.8 Å². The van der Waals surface area contributed by atoms with E-state index >= 15 is 0 Å². The van der Waals surface area contributed by atoms with Crippen molar-refractivity contribution in [1.82, 2.24) is 0 Å².